The fourth-order valence-electron chi connectivity index (χ4n) is 2.67. The van der Waals surface area contributed by atoms with Crippen LogP contribution in [0, 0.1) is 5.82 Å². The molecule has 5 heteroatoms. The molecule has 0 bridgehead atoms. The summed E-state index contributed by atoms with van der Waals surface area (Å²) in [4.78, 5) is 13.9. The number of hydrogen-bond acceptors (Lipinski definition) is 3. The van der Waals surface area contributed by atoms with Gasteiger partial charge < -0.3 is 15.5 Å². The number of carbonyl (C=O) groups excluding carboxylic acids is 1. The standard InChI is InChI=1S/C15H22FN3O/c1-3-13-15(20)18-8-9-19(13)14-11(10-17-4-2)6-5-7-12(14)16/h5-7,13,17H,3-4,8-10H2,1-2H3,(H,18,20). The Morgan fingerprint density at radius 3 is 2.95 bits per heavy atom. The Hall–Kier alpha value is -1.62. The SMILES string of the molecule is CCNCc1cccc(F)c1N1CCNC(=O)C1CC. The highest BCUT2D eigenvalue weighted by Gasteiger charge is 2.30. The molecular weight excluding hydrogens is 257 g/mol. The average molecular weight is 279 g/mol. The lowest BCUT2D eigenvalue weighted by molar-refractivity contribution is -0.123. The van der Waals surface area contributed by atoms with E-state index in [-0.39, 0.29) is 17.8 Å². The van der Waals surface area contributed by atoms with E-state index in [9.17, 15) is 9.18 Å². The molecule has 2 N–H and O–H groups in total. The number of halogens is 1. The lowest BCUT2D eigenvalue weighted by Gasteiger charge is -2.37. The number of nitrogens with one attached hydrogen (secondary N) is 2. The third-order valence-electron chi connectivity index (χ3n) is 3.64. The van der Waals surface area contributed by atoms with Crippen molar-refractivity contribution in [2.24, 2.45) is 0 Å². The van der Waals surface area contributed by atoms with Crippen molar-refractivity contribution in [3.8, 4) is 0 Å². The van der Waals surface area contributed by atoms with Gasteiger partial charge in [0, 0.05) is 19.6 Å². The molecule has 1 atom stereocenters. The van der Waals surface area contributed by atoms with Crippen LogP contribution in [-0.2, 0) is 11.3 Å². The summed E-state index contributed by atoms with van der Waals surface area (Å²) in [6.45, 7) is 6.61. The van der Waals surface area contributed by atoms with Crippen molar-refractivity contribution >= 4 is 11.6 Å². The van der Waals surface area contributed by atoms with Crippen LogP contribution < -0.4 is 15.5 Å². The van der Waals surface area contributed by atoms with E-state index >= 15 is 0 Å². The molecule has 1 aliphatic rings. The van der Waals surface area contributed by atoms with Crippen LogP contribution in [-0.4, -0.2) is 31.6 Å². The second-order valence-electron chi connectivity index (χ2n) is 4.94. The van der Waals surface area contributed by atoms with Crippen LogP contribution in [0.25, 0.3) is 0 Å². The molecular formula is C15H22FN3O. The van der Waals surface area contributed by atoms with Gasteiger partial charge in [0.05, 0.1) is 5.69 Å². The number of nitrogens with zero attached hydrogens (tertiary/aromatic N) is 1. The Bertz CT molecular complexity index is 478. The van der Waals surface area contributed by atoms with Crippen LogP contribution in [0.5, 0.6) is 0 Å². The van der Waals surface area contributed by atoms with E-state index in [1.54, 1.807) is 6.07 Å². The first-order valence-electron chi connectivity index (χ1n) is 7.21. The van der Waals surface area contributed by atoms with E-state index in [0.717, 1.165) is 12.1 Å². The fraction of sp³-hybridized carbons (Fsp3) is 0.533. The molecule has 1 unspecified atom stereocenters. The maximum absolute atomic E-state index is 14.3. The Kier molecular flexibility index (Phi) is 4.95. The first-order chi connectivity index (χ1) is 9.69. The van der Waals surface area contributed by atoms with Crippen LogP contribution in [0.4, 0.5) is 10.1 Å². The predicted molar refractivity (Wildman–Crippen MR) is 78.2 cm³/mol. The number of carbonyl (C=O) groups is 1. The number of rotatable bonds is 5. The van der Waals surface area contributed by atoms with Gasteiger partial charge in [-0.3, -0.25) is 4.79 Å². The van der Waals surface area contributed by atoms with E-state index in [1.807, 2.05) is 24.8 Å². The maximum Gasteiger partial charge on any atom is 0.242 e. The molecule has 1 fully saturated rings. The second-order valence-corrected chi connectivity index (χ2v) is 4.94. The van der Waals surface area contributed by atoms with Gasteiger partial charge in [-0.2, -0.15) is 0 Å². The summed E-state index contributed by atoms with van der Waals surface area (Å²) in [5, 5.41) is 6.07. The summed E-state index contributed by atoms with van der Waals surface area (Å²) in [6, 6.07) is 4.81. The molecule has 2 rings (SSSR count). The maximum atomic E-state index is 14.3. The van der Waals surface area contributed by atoms with E-state index < -0.39 is 0 Å². The van der Waals surface area contributed by atoms with Crippen LogP contribution in [0.1, 0.15) is 25.8 Å². The lowest BCUT2D eigenvalue weighted by atomic mass is 10.0. The second kappa shape index (κ2) is 6.70. The van der Waals surface area contributed by atoms with Gasteiger partial charge in [-0.05, 0) is 24.6 Å². The summed E-state index contributed by atoms with van der Waals surface area (Å²) in [6.07, 6.45) is 0.667. The molecule has 1 amide bonds. The average Bonchev–Trinajstić information content (AvgIpc) is 2.45. The molecule has 20 heavy (non-hydrogen) atoms. The van der Waals surface area contributed by atoms with E-state index in [0.29, 0.717) is 31.7 Å². The van der Waals surface area contributed by atoms with Crippen molar-refractivity contribution in [1.29, 1.82) is 0 Å². The van der Waals surface area contributed by atoms with Crippen molar-refractivity contribution in [2.45, 2.75) is 32.9 Å². The number of piperazine rings is 1. The van der Waals surface area contributed by atoms with Crippen molar-refractivity contribution < 1.29 is 9.18 Å². The van der Waals surface area contributed by atoms with Gasteiger partial charge in [-0.25, -0.2) is 4.39 Å². The van der Waals surface area contributed by atoms with Gasteiger partial charge in [-0.15, -0.1) is 0 Å². The van der Waals surface area contributed by atoms with E-state index in [4.69, 9.17) is 0 Å². The molecule has 1 aromatic carbocycles. The highest BCUT2D eigenvalue weighted by Crippen LogP contribution is 2.28. The summed E-state index contributed by atoms with van der Waals surface area (Å²) in [5.41, 5.74) is 1.47. The number of anilines is 1. The minimum Gasteiger partial charge on any atom is -0.355 e. The summed E-state index contributed by atoms with van der Waals surface area (Å²) >= 11 is 0. The number of para-hydroxylation sites is 1. The van der Waals surface area contributed by atoms with Crippen molar-refractivity contribution in [3.05, 3.63) is 29.6 Å². The number of hydrogen-bond donors (Lipinski definition) is 2. The minimum atomic E-state index is -0.291. The molecule has 0 radical (unpaired) electrons. The van der Waals surface area contributed by atoms with E-state index in [1.165, 1.54) is 6.07 Å². The molecule has 0 spiro atoms. The number of amides is 1. The highest BCUT2D eigenvalue weighted by atomic mass is 19.1. The third kappa shape index (κ3) is 2.93. The summed E-state index contributed by atoms with van der Waals surface area (Å²) in [7, 11) is 0. The van der Waals surface area contributed by atoms with Gasteiger partial charge in [0.25, 0.3) is 0 Å². The van der Waals surface area contributed by atoms with Gasteiger partial charge >= 0.3 is 0 Å². The van der Waals surface area contributed by atoms with Crippen LogP contribution in [0.15, 0.2) is 18.2 Å². The Balaban J connectivity index is 2.36. The molecule has 4 nitrogen and oxygen atoms in total. The zero-order valence-corrected chi connectivity index (χ0v) is 12.1. The lowest BCUT2D eigenvalue weighted by Crippen LogP contribution is -2.55. The third-order valence-corrected chi connectivity index (χ3v) is 3.64. The van der Waals surface area contributed by atoms with Crippen LogP contribution in [0.2, 0.25) is 0 Å². The number of benzene rings is 1. The minimum absolute atomic E-state index is 0.0172. The smallest absolute Gasteiger partial charge is 0.242 e. The molecule has 0 aromatic heterocycles. The fourth-order valence-corrected chi connectivity index (χ4v) is 2.67. The largest absolute Gasteiger partial charge is 0.355 e. The zero-order chi connectivity index (χ0) is 14.5. The van der Waals surface area contributed by atoms with E-state index in [2.05, 4.69) is 10.6 Å². The molecule has 1 aromatic rings. The molecule has 1 saturated heterocycles. The molecule has 110 valence electrons. The normalized spacial score (nSPS) is 19.1. The first-order valence-corrected chi connectivity index (χ1v) is 7.21. The Labute approximate surface area is 119 Å². The van der Waals surface area contributed by atoms with Crippen LogP contribution >= 0.6 is 0 Å². The van der Waals surface area contributed by atoms with Gasteiger partial charge in [0.15, 0.2) is 0 Å². The molecule has 1 aliphatic heterocycles. The molecule has 0 aliphatic carbocycles. The Morgan fingerprint density at radius 1 is 1.45 bits per heavy atom. The van der Waals surface area contributed by atoms with Crippen molar-refractivity contribution in [1.82, 2.24) is 10.6 Å². The molecule has 1 heterocycles. The van der Waals surface area contributed by atoms with Gasteiger partial charge in [0.1, 0.15) is 11.9 Å². The predicted octanol–water partition coefficient (Wildman–Crippen LogP) is 1.65. The quantitative estimate of drug-likeness (QED) is 0.861. The first kappa shape index (κ1) is 14.8. The highest BCUT2D eigenvalue weighted by molar-refractivity contribution is 5.86. The van der Waals surface area contributed by atoms with Crippen LogP contribution in [0.3, 0.4) is 0 Å². The molecule has 0 saturated carbocycles. The summed E-state index contributed by atoms with van der Waals surface area (Å²) < 4.78 is 14.3. The topological polar surface area (TPSA) is 44.4 Å². The van der Waals surface area contributed by atoms with Gasteiger partial charge in [0.2, 0.25) is 5.91 Å². The monoisotopic (exact) mass is 279 g/mol. The van der Waals surface area contributed by atoms with Crippen molar-refractivity contribution in [3.63, 3.8) is 0 Å². The summed E-state index contributed by atoms with van der Waals surface area (Å²) in [5.74, 6) is -0.273. The van der Waals surface area contributed by atoms with Crippen molar-refractivity contribution in [2.75, 3.05) is 24.5 Å². The zero-order valence-electron chi connectivity index (χ0n) is 12.1. The Morgan fingerprint density at radius 2 is 2.25 bits per heavy atom. The van der Waals surface area contributed by atoms with Gasteiger partial charge in [-0.1, -0.05) is 26.0 Å².